The Balaban J connectivity index is 0.00000385. The molecular weight excluding hydrogens is 531 g/mol. The van der Waals surface area contributed by atoms with Gasteiger partial charge in [0.25, 0.3) is 0 Å². The molecule has 0 saturated carbocycles. The van der Waals surface area contributed by atoms with Crippen LogP contribution in [0.5, 0.6) is 11.5 Å². The Morgan fingerprint density at radius 3 is 2.55 bits per heavy atom. The zero-order chi connectivity index (χ0) is 22.8. The van der Waals surface area contributed by atoms with Gasteiger partial charge in [-0.1, -0.05) is 30.3 Å². The van der Waals surface area contributed by atoms with Crippen LogP contribution in [0.1, 0.15) is 23.6 Å². The standard InChI is InChI=1S/C24H32N6O2.HI/c1-5-26-24(29(2)12-11-19-9-10-22(31-3)23(14-19)32-4)27-15-20-7-6-8-21(13-20)16-30-18-25-17-28-30;/h6-10,13-14,17-18H,5,11-12,15-16H2,1-4H3,(H,26,27);1H. The van der Waals surface area contributed by atoms with E-state index in [-0.39, 0.29) is 24.0 Å². The van der Waals surface area contributed by atoms with E-state index in [1.165, 1.54) is 11.1 Å². The quantitative estimate of drug-likeness (QED) is 0.231. The minimum atomic E-state index is 0. The number of rotatable bonds is 10. The van der Waals surface area contributed by atoms with Crippen molar-refractivity contribution in [2.75, 3.05) is 34.4 Å². The molecule has 0 aliphatic heterocycles. The number of hydrogen-bond acceptors (Lipinski definition) is 5. The van der Waals surface area contributed by atoms with Crippen molar-refractivity contribution in [2.24, 2.45) is 4.99 Å². The van der Waals surface area contributed by atoms with Crippen LogP contribution in [0.4, 0.5) is 0 Å². The largest absolute Gasteiger partial charge is 0.493 e. The van der Waals surface area contributed by atoms with Crippen LogP contribution in [0, 0.1) is 0 Å². The second kappa shape index (κ2) is 13.7. The summed E-state index contributed by atoms with van der Waals surface area (Å²) < 4.78 is 12.6. The van der Waals surface area contributed by atoms with Crippen molar-refractivity contribution in [1.29, 1.82) is 0 Å². The van der Waals surface area contributed by atoms with Crippen molar-refractivity contribution < 1.29 is 9.47 Å². The van der Waals surface area contributed by atoms with Crippen molar-refractivity contribution in [1.82, 2.24) is 25.0 Å². The van der Waals surface area contributed by atoms with E-state index in [1.807, 2.05) is 16.8 Å². The number of benzene rings is 2. The van der Waals surface area contributed by atoms with Crippen LogP contribution >= 0.6 is 24.0 Å². The molecule has 3 rings (SSSR count). The van der Waals surface area contributed by atoms with Crippen LogP contribution in [-0.4, -0.2) is 60.0 Å². The van der Waals surface area contributed by atoms with E-state index in [0.717, 1.165) is 42.5 Å². The van der Waals surface area contributed by atoms with E-state index >= 15 is 0 Å². The van der Waals surface area contributed by atoms with Gasteiger partial charge < -0.3 is 19.7 Å². The number of nitrogens with one attached hydrogen (secondary N) is 1. The first-order valence-corrected chi connectivity index (χ1v) is 10.7. The molecule has 33 heavy (non-hydrogen) atoms. The summed E-state index contributed by atoms with van der Waals surface area (Å²) in [6.07, 6.45) is 4.14. The van der Waals surface area contributed by atoms with Gasteiger partial charge in [-0.2, -0.15) is 5.10 Å². The van der Waals surface area contributed by atoms with Crippen molar-refractivity contribution in [3.63, 3.8) is 0 Å². The summed E-state index contributed by atoms with van der Waals surface area (Å²) in [6.45, 7) is 5.02. The zero-order valence-electron chi connectivity index (χ0n) is 19.7. The maximum absolute atomic E-state index is 5.42. The summed E-state index contributed by atoms with van der Waals surface area (Å²) in [5.41, 5.74) is 3.52. The lowest BCUT2D eigenvalue weighted by Gasteiger charge is -2.22. The maximum Gasteiger partial charge on any atom is 0.193 e. The molecule has 0 spiro atoms. The van der Waals surface area contributed by atoms with Gasteiger partial charge in [0.2, 0.25) is 0 Å². The van der Waals surface area contributed by atoms with Crippen LogP contribution < -0.4 is 14.8 Å². The highest BCUT2D eigenvalue weighted by atomic mass is 127. The minimum absolute atomic E-state index is 0. The van der Waals surface area contributed by atoms with Gasteiger partial charge in [0.1, 0.15) is 12.7 Å². The lowest BCUT2D eigenvalue weighted by molar-refractivity contribution is 0.354. The molecule has 1 heterocycles. The first-order chi connectivity index (χ1) is 15.6. The fraction of sp³-hybridized carbons (Fsp3) is 0.375. The maximum atomic E-state index is 5.42. The van der Waals surface area contributed by atoms with Crippen molar-refractivity contribution >= 4 is 29.9 Å². The molecule has 2 aromatic carbocycles. The van der Waals surface area contributed by atoms with E-state index in [1.54, 1.807) is 26.9 Å². The lowest BCUT2D eigenvalue weighted by atomic mass is 10.1. The molecule has 0 radical (unpaired) electrons. The highest BCUT2D eigenvalue weighted by Gasteiger charge is 2.09. The van der Waals surface area contributed by atoms with Crippen molar-refractivity contribution in [3.05, 3.63) is 71.8 Å². The Bertz CT molecular complexity index is 1010. The van der Waals surface area contributed by atoms with Crippen LogP contribution in [0.25, 0.3) is 0 Å². The Morgan fingerprint density at radius 2 is 1.85 bits per heavy atom. The number of halogens is 1. The number of guanidine groups is 1. The number of methoxy groups -OCH3 is 2. The SMILES string of the molecule is CCNC(=NCc1cccc(Cn2cncn2)c1)N(C)CCc1ccc(OC)c(OC)c1.I. The Hall–Kier alpha value is -2.82. The molecule has 8 nitrogen and oxygen atoms in total. The molecule has 0 bridgehead atoms. The number of aliphatic imine (C=N–C) groups is 1. The third kappa shape index (κ3) is 7.92. The molecule has 3 aromatic rings. The van der Waals surface area contributed by atoms with Crippen LogP contribution in [0.15, 0.2) is 60.1 Å². The lowest BCUT2D eigenvalue weighted by Crippen LogP contribution is -2.39. The first kappa shape index (κ1) is 26.4. The third-order valence-corrected chi connectivity index (χ3v) is 5.09. The summed E-state index contributed by atoms with van der Waals surface area (Å²) in [6, 6.07) is 14.5. The molecule has 0 atom stereocenters. The van der Waals surface area contributed by atoms with Crippen LogP contribution in [0.2, 0.25) is 0 Å². The normalized spacial score (nSPS) is 11.0. The monoisotopic (exact) mass is 564 g/mol. The van der Waals surface area contributed by atoms with Crippen molar-refractivity contribution in [2.45, 2.75) is 26.4 Å². The van der Waals surface area contributed by atoms with Gasteiger partial charge in [0, 0.05) is 20.1 Å². The predicted octanol–water partition coefficient (Wildman–Crippen LogP) is 3.60. The summed E-state index contributed by atoms with van der Waals surface area (Å²) in [5.74, 6) is 2.37. The molecule has 0 fully saturated rings. The van der Waals surface area contributed by atoms with Gasteiger partial charge in [-0.15, -0.1) is 24.0 Å². The second-order valence-corrected chi connectivity index (χ2v) is 7.44. The number of hydrogen-bond donors (Lipinski definition) is 1. The number of ether oxygens (including phenoxy) is 2. The van der Waals surface area contributed by atoms with Crippen LogP contribution in [0.3, 0.4) is 0 Å². The average Bonchev–Trinajstić information content (AvgIpc) is 3.33. The summed E-state index contributed by atoms with van der Waals surface area (Å²) in [4.78, 5) is 11.0. The van der Waals surface area contributed by atoms with Gasteiger partial charge >= 0.3 is 0 Å². The number of likely N-dealkylation sites (N-methyl/N-ethyl adjacent to an activating group) is 1. The van der Waals surface area contributed by atoms with E-state index in [9.17, 15) is 0 Å². The van der Waals surface area contributed by atoms with Gasteiger partial charge in [-0.25, -0.2) is 14.7 Å². The summed E-state index contributed by atoms with van der Waals surface area (Å²) in [5, 5.41) is 7.56. The van der Waals surface area contributed by atoms with Gasteiger partial charge in [-0.3, -0.25) is 0 Å². The molecule has 0 unspecified atom stereocenters. The Morgan fingerprint density at radius 1 is 1.06 bits per heavy atom. The summed E-state index contributed by atoms with van der Waals surface area (Å²) >= 11 is 0. The zero-order valence-corrected chi connectivity index (χ0v) is 22.0. The average molecular weight is 564 g/mol. The van der Waals surface area contributed by atoms with Gasteiger partial charge in [-0.05, 0) is 42.2 Å². The van der Waals surface area contributed by atoms with E-state index in [0.29, 0.717) is 13.1 Å². The summed E-state index contributed by atoms with van der Waals surface area (Å²) in [7, 11) is 5.36. The topological polar surface area (TPSA) is 76.8 Å². The fourth-order valence-corrected chi connectivity index (χ4v) is 3.40. The van der Waals surface area contributed by atoms with Crippen LogP contribution in [-0.2, 0) is 19.5 Å². The van der Waals surface area contributed by atoms with Gasteiger partial charge in [0.05, 0.1) is 27.3 Å². The Kier molecular flexibility index (Phi) is 10.9. The van der Waals surface area contributed by atoms with E-state index in [4.69, 9.17) is 14.5 Å². The molecule has 1 aromatic heterocycles. The smallest absolute Gasteiger partial charge is 0.193 e. The highest BCUT2D eigenvalue weighted by Crippen LogP contribution is 2.27. The third-order valence-electron chi connectivity index (χ3n) is 5.09. The minimum Gasteiger partial charge on any atom is -0.493 e. The fourth-order valence-electron chi connectivity index (χ4n) is 3.40. The highest BCUT2D eigenvalue weighted by molar-refractivity contribution is 14.0. The molecule has 9 heteroatoms. The molecule has 0 saturated heterocycles. The molecule has 1 N–H and O–H groups in total. The molecule has 178 valence electrons. The van der Waals surface area contributed by atoms with Gasteiger partial charge in [0.15, 0.2) is 17.5 Å². The number of aromatic nitrogens is 3. The predicted molar refractivity (Wildman–Crippen MR) is 142 cm³/mol. The molecule has 0 aliphatic rings. The second-order valence-electron chi connectivity index (χ2n) is 7.44. The molecule has 0 aliphatic carbocycles. The molecule has 0 amide bonds. The molecular formula is C24H33IN6O2. The van der Waals surface area contributed by atoms with Crippen molar-refractivity contribution in [3.8, 4) is 11.5 Å². The van der Waals surface area contributed by atoms with E-state index in [2.05, 4.69) is 64.6 Å². The first-order valence-electron chi connectivity index (χ1n) is 10.7. The van der Waals surface area contributed by atoms with E-state index < -0.39 is 0 Å². The number of nitrogens with zero attached hydrogens (tertiary/aromatic N) is 5. The Labute approximate surface area is 213 Å².